The minimum atomic E-state index is -0.134. The van der Waals surface area contributed by atoms with E-state index < -0.39 is 0 Å². The van der Waals surface area contributed by atoms with E-state index in [1.165, 1.54) is 0 Å². The first-order valence-corrected chi connectivity index (χ1v) is 6.99. The average Bonchev–Trinajstić information content (AvgIpc) is 2.36. The molecule has 0 bridgehead atoms. The van der Waals surface area contributed by atoms with Gasteiger partial charge >= 0.3 is 0 Å². The second kappa shape index (κ2) is 5.61. The molecule has 2 aromatic carbocycles. The molecule has 2 aromatic rings. The van der Waals surface area contributed by atoms with Gasteiger partial charge in [0.2, 0.25) is 0 Å². The Labute approximate surface area is 126 Å². The molecule has 0 fully saturated rings. The SMILES string of the molecule is Cc1cc(C)c(C(=O)Nc2ccc(I)cc2)cc1N. The van der Waals surface area contributed by atoms with Gasteiger partial charge in [0.1, 0.15) is 0 Å². The highest BCUT2D eigenvalue weighted by atomic mass is 127. The van der Waals surface area contributed by atoms with Gasteiger partial charge in [-0.15, -0.1) is 0 Å². The maximum atomic E-state index is 12.2. The van der Waals surface area contributed by atoms with E-state index in [9.17, 15) is 4.79 Å². The predicted octanol–water partition coefficient (Wildman–Crippen LogP) is 3.74. The third-order valence-corrected chi connectivity index (χ3v) is 3.68. The molecule has 0 radical (unpaired) electrons. The molecule has 0 saturated heterocycles. The van der Waals surface area contributed by atoms with Crippen LogP contribution in [0.1, 0.15) is 21.5 Å². The van der Waals surface area contributed by atoms with Crippen molar-refractivity contribution in [1.82, 2.24) is 0 Å². The van der Waals surface area contributed by atoms with Gasteiger partial charge in [-0.25, -0.2) is 0 Å². The Bertz CT molecular complexity index is 621. The minimum absolute atomic E-state index is 0.134. The fourth-order valence-corrected chi connectivity index (χ4v) is 2.20. The van der Waals surface area contributed by atoms with E-state index in [0.717, 1.165) is 20.4 Å². The Kier molecular flexibility index (Phi) is 4.09. The Balaban J connectivity index is 2.25. The summed E-state index contributed by atoms with van der Waals surface area (Å²) in [6.45, 7) is 3.85. The van der Waals surface area contributed by atoms with Crippen LogP contribution < -0.4 is 11.1 Å². The fourth-order valence-electron chi connectivity index (χ4n) is 1.85. The van der Waals surface area contributed by atoms with Gasteiger partial charge in [-0.3, -0.25) is 4.79 Å². The molecule has 0 atom stereocenters. The summed E-state index contributed by atoms with van der Waals surface area (Å²) in [6, 6.07) is 11.3. The van der Waals surface area contributed by atoms with E-state index in [-0.39, 0.29) is 5.91 Å². The van der Waals surface area contributed by atoms with Crippen LogP contribution in [0.25, 0.3) is 0 Å². The van der Waals surface area contributed by atoms with Gasteiger partial charge in [0.15, 0.2) is 0 Å². The predicted molar refractivity (Wildman–Crippen MR) is 87.4 cm³/mol. The van der Waals surface area contributed by atoms with Crippen LogP contribution in [0.4, 0.5) is 11.4 Å². The lowest BCUT2D eigenvalue weighted by atomic mass is 10.0. The van der Waals surface area contributed by atoms with E-state index in [0.29, 0.717) is 11.3 Å². The number of hydrogen-bond acceptors (Lipinski definition) is 2. The van der Waals surface area contributed by atoms with Crippen molar-refractivity contribution in [1.29, 1.82) is 0 Å². The van der Waals surface area contributed by atoms with Crippen LogP contribution >= 0.6 is 22.6 Å². The molecule has 3 N–H and O–H groups in total. The molecular weight excluding hydrogens is 351 g/mol. The molecular formula is C15H15IN2O. The molecule has 2 rings (SSSR count). The summed E-state index contributed by atoms with van der Waals surface area (Å²) in [5, 5.41) is 2.88. The maximum Gasteiger partial charge on any atom is 0.256 e. The van der Waals surface area contributed by atoms with Crippen molar-refractivity contribution in [3.8, 4) is 0 Å². The van der Waals surface area contributed by atoms with E-state index in [4.69, 9.17) is 5.73 Å². The lowest BCUT2D eigenvalue weighted by Crippen LogP contribution is -2.14. The number of halogens is 1. The highest BCUT2D eigenvalue weighted by molar-refractivity contribution is 14.1. The Hall–Kier alpha value is -1.56. The molecule has 0 aromatic heterocycles. The monoisotopic (exact) mass is 366 g/mol. The molecule has 98 valence electrons. The molecule has 0 heterocycles. The summed E-state index contributed by atoms with van der Waals surface area (Å²) in [7, 11) is 0. The number of nitrogens with two attached hydrogens (primary N) is 1. The van der Waals surface area contributed by atoms with Gasteiger partial charge in [0, 0.05) is 20.5 Å². The van der Waals surface area contributed by atoms with Crippen LogP contribution in [-0.2, 0) is 0 Å². The van der Waals surface area contributed by atoms with Gasteiger partial charge in [0.05, 0.1) is 0 Å². The molecule has 0 saturated carbocycles. The molecule has 0 spiro atoms. The van der Waals surface area contributed by atoms with Crippen molar-refractivity contribution in [2.24, 2.45) is 0 Å². The number of benzene rings is 2. The van der Waals surface area contributed by atoms with Crippen molar-refractivity contribution in [3.05, 3.63) is 56.7 Å². The number of amides is 1. The summed E-state index contributed by atoms with van der Waals surface area (Å²) in [5.41, 5.74) is 9.81. The van der Waals surface area contributed by atoms with Crippen LogP contribution in [-0.4, -0.2) is 5.91 Å². The Morgan fingerprint density at radius 1 is 1.11 bits per heavy atom. The van der Waals surface area contributed by atoms with Gasteiger partial charge < -0.3 is 11.1 Å². The van der Waals surface area contributed by atoms with Crippen molar-refractivity contribution in [2.45, 2.75) is 13.8 Å². The number of hydrogen-bond donors (Lipinski definition) is 2. The summed E-state index contributed by atoms with van der Waals surface area (Å²) >= 11 is 2.23. The van der Waals surface area contributed by atoms with Crippen LogP contribution in [0, 0.1) is 17.4 Å². The van der Waals surface area contributed by atoms with Crippen molar-refractivity contribution >= 4 is 39.9 Å². The van der Waals surface area contributed by atoms with Crippen LogP contribution in [0.3, 0.4) is 0 Å². The Morgan fingerprint density at radius 3 is 2.37 bits per heavy atom. The van der Waals surface area contributed by atoms with Crippen LogP contribution in [0.15, 0.2) is 36.4 Å². The number of nitrogen functional groups attached to an aromatic ring is 1. The highest BCUT2D eigenvalue weighted by Crippen LogP contribution is 2.19. The summed E-state index contributed by atoms with van der Waals surface area (Å²) in [5.74, 6) is -0.134. The molecule has 0 aliphatic carbocycles. The van der Waals surface area contributed by atoms with Gasteiger partial charge in [-0.1, -0.05) is 6.07 Å². The number of aryl methyl sites for hydroxylation is 2. The lowest BCUT2D eigenvalue weighted by Gasteiger charge is -2.10. The van der Waals surface area contributed by atoms with Crippen LogP contribution in [0.5, 0.6) is 0 Å². The molecule has 0 unspecified atom stereocenters. The van der Waals surface area contributed by atoms with Crippen molar-refractivity contribution < 1.29 is 4.79 Å². The van der Waals surface area contributed by atoms with Crippen molar-refractivity contribution in [2.75, 3.05) is 11.1 Å². The third-order valence-electron chi connectivity index (χ3n) is 2.96. The first-order chi connectivity index (χ1) is 8.97. The smallest absolute Gasteiger partial charge is 0.256 e. The zero-order valence-corrected chi connectivity index (χ0v) is 13.0. The number of anilines is 2. The summed E-state index contributed by atoms with van der Waals surface area (Å²) in [6.07, 6.45) is 0. The Morgan fingerprint density at radius 2 is 1.74 bits per heavy atom. The molecule has 4 heteroatoms. The molecule has 0 aliphatic heterocycles. The second-order valence-electron chi connectivity index (χ2n) is 4.48. The molecule has 19 heavy (non-hydrogen) atoms. The summed E-state index contributed by atoms with van der Waals surface area (Å²) in [4.78, 5) is 12.2. The average molecular weight is 366 g/mol. The normalized spacial score (nSPS) is 10.3. The number of rotatable bonds is 2. The zero-order chi connectivity index (χ0) is 14.0. The topological polar surface area (TPSA) is 55.1 Å². The largest absolute Gasteiger partial charge is 0.398 e. The lowest BCUT2D eigenvalue weighted by molar-refractivity contribution is 0.102. The van der Waals surface area contributed by atoms with Crippen molar-refractivity contribution in [3.63, 3.8) is 0 Å². The van der Waals surface area contributed by atoms with E-state index in [2.05, 4.69) is 27.9 Å². The number of carbonyl (C=O) groups is 1. The highest BCUT2D eigenvalue weighted by Gasteiger charge is 2.11. The van der Waals surface area contributed by atoms with Crippen LogP contribution in [0.2, 0.25) is 0 Å². The molecule has 0 aliphatic rings. The standard InChI is InChI=1S/C15H15IN2O/c1-9-7-10(2)14(17)8-13(9)15(19)18-12-5-3-11(16)4-6-12/h3-8H,17H2,1-2H3,(H,18,19). The number of nitrogens with one attached hydrogen (secondary N) is 1. The minimum Gasteiger partial charge on any atom is -0.398 e. The first-order valence-electron chi connectivity index (χ1n) is 5.91. The zero-order valence-electron chi connectivity index (χ0n) is 10.8. The van der Waals surface area contributed by atoms with Gasteiger partial charge in [-0.2, -0.15) is 0 Å². The first kappa shape index (κ1) is 13.9. The number of carbonyl (C=O) groups excluding carboxylic acids is 1. The van der Waals surface area contributed by atoms with Gasteiger partial charge in [-0.05, 0) is 77.9 Å². The quantitative estimate of drug-likeness (QED) is 0.629. The van der Waals surface area contributed by atoms with E-state index in [1.54, 1.807) is 6.07 Å². The fraction of sp³-hybridized carbons (Fsp3) is 0.133. The second-order valence-corrected chi connectivity index (χ2v) is 5.73. The molecule has 3 nitrogen and oxygen atoms in total. The van der Waals surface area contributed by atoms with Gasteiger partial charge in [0.25, 0.3) is 5.91 Å². The third kappa shape index (κ3) is 3.26. The summed E-state index contributed by atoms with van der Waals surface area (Å²) < 4.78 is 1.13. The molecule has 1 amide bonds. The van der Waals surface area contributed by atoms with E-state index >= 15 is 0 Å². The maximum absolute atomic E-state index is 12.2. The van der Waals surface area contributed by atoms with E-state index in [1.807, 2.05) is 44.2 Å².